The second-order valence-corrected chi connectivity index (χ2v) is 11.2. The average molecular weight is 480 g/mol. The van der Waals surface area contributed by atoms with Crippen LogP contribution in [0.25, 0.3) is 0 Å². The molecule has 2 aromatic carbocycles. The topological polar surface area (TPSA) is 95.5 Å². The zero-order valence-electron chi connectivity index (χ0n) is 19.6. The highest BCUT2D eigenvalue weighted by Gasteiger charge is 2.29. The first kappa shape index (κ1) is 23.8. The highest BCUT2D eigenvalue weighted by atomic mass is 32.2. The molecule has 1 aliphatic rings. The van der Waals surface area contributed by atoms with Crippen molar-refractivity contribution < 1.29 is 13.2 Å². The van der Waals surface area contributed by atoms with E-state index in [1.807, 2.05) is 17.0 Å². The van der Waals surface area contributed by atoms with E-state index in [-0.39, 0.29) is 16.2 Å². The fraction of sp³-hybridized carbons (Fsp3) is 0.320. The number of rotatable bonds is 5. The summed E-state index contributed by atoms with van der Waals surface area (Å²) >= 11 is 0. The van der Waals surface area contributed by atoms with E-state index in [2.05, 4.69) is 36.1 Å². The van der Waals surface area contributed by atoms with Gasteiger partial charge in [0, 0.05) is 49.8 Å². The van der Waals surface area contributed by atoms with Gasteiger partial charge in [-0.3, -0.25) is 4.79 Å². The highest BCUT2D eigenvalue weighted by Crippen LogP contribution is 2.24. The molecular weight excluding hydrogens is 450 g/mol. The van der Waals surface area contributed by atoms with Gasteiger partial charge in [-0.2, -0.15) is 4.31 Å². The van der Waals surface area contributed by atoms with Crippen LogP contribution in [0.15, 0.2) is 71.9 Å². The maximum Gasteiger partial charge on any atom is 0.255 e. The third kappa shape index (κ3) is 5.26. The van der Waals surface area contributed by atoms with Crippen molar-refractivity contribution >= 4 is 27.6 Å². The molecule has 1 aromatic heterocycles. The minimum Gasteiger partial charge on any atom is -0.338 e. The fourth-order valence-corrected chi connectivity index (χ4v) is 5.26. The first-order valence-electron chi connectivity index (χ1n) is 11.2. The predicted molar refractivity (Wildman–Crippen MR) is 133 cm³/mol. The normalized spacial score (nSPS) is 15.2. The minimum absolute atomic E-state index is 0.00268. The van der Waals surface area contributed by atoms with Gasteiger partial charge in [0.05, 0.1) is 4.90 Å². The van der Waals surface area contributed by atoms with Gasteiger partial charge in [0.1, 0.15) is 0 Å². The standard InChI is InChI=1S/C25H29N5O3S/c1-25(2,3)20-10-8-19(9-11-20)23(31)28-21-6-4-7-22(18-21)34(32,33)30-16-14-29(15-17-30)24-26-12-5-13-27-24/h4-13,18H,14-17H2,1-3H3,(H,28,31). The number of nitrogens with zero attached hydrogens (tertiary/aromatic N) is 4. The molecule has 0 atom stereocenters. The molecule has 4 rings (SSSR count). The molecule has 0 unspecified atom stereocenters. The zero-order chi connectivity index (χ0) is 24.3. The molecule has 3 aromatic rings. The highest BCUT2D eigenvalue weighted by molar-refractivity contribution is 7.89. The summed E-state index contributed by atoms with van der Waals surface area (Å²) in [5.74, 6) is 0.311. The van der Waals surface area contributed by atoms with Gasteiger partial charge in [-0.25, -0.2) is 18.4 Å². The van der Waals surface area contributed by atoms with Crippen molar-refractivity contribution in [1.29, 1.82) is 0 Å². The van der Waals surface area contributed by atoms with E-state index in [0.29, 0.717) is 43.4 Å². The Hall–Kier alpha value is -3.30. The van der Waals surface area contributed by atoms with E-state index < -0.39 is 10.0 Å². The Morgan fingerprint density at radius 2 is 1.56 bits per heavy atom. The number of aromatic nitrogens is 2. The van der Waals surface area contributed by atoms with Crippen molar-refractivity contribution in [2.45, 2.75) is 31.1 Å². The van der Waals surface area contributed by atoms with Gasteiger partial charge in [0.25, 0.3) is 5.91 Å². The minimum atomic E-state index is -3.70. The maximum atomic E-state index is 13.2. The Labute approximate surface area is 200 Å². The Kier molecular flexibility index (Phi) is 6.67. The summed E-state index contributed by atoms with van der Waals surface area (Å²) in [6.45, 7) is 8.01. The quantitative estimate of drug-likeness (QED) is 0.601. The van der Waals surface area contributed by atoms with Crippen molar-refractivity contribution in [3.05, 3.63) is 78.1 Å². The number of carbonyl (C=O) groups excluding carboxylic acids is 1. The Bertz CT molecular complexity index is 1250. The molecule has 1 fully saturated rings. The number of piperazine rings is 1. The Morgan fingerprint density at radius 1 is 0.912 bits per heavy atom. The predicted octanol–water partition coefficient (Wildman–Crippen LogP) is 3.54. The van der Waals surface area contributed by atoms with E-state index in [0.717, 1.165) is 5.56 Å². The second kappa shape index (κ2) is 9.52. The SMILES string of the molecule is CC(C)(C)c1ccc(C(=O)Nc2cccc(S(=O)(=O)N3CCN(c4ncccn4)CC3)c2)cc1. The van der Waals surface area contributed by atoms with Crippen LogP contribution in [-0.4, -0.2) is 54.8 Å². The number of benzene rings is 2. The zero-order valence-corrected chi connectivity index (χ0v) is 20.4. The van der Waals surface area contributed by atoms with Crippen LogP contribution in [0, 0.1) is 0 Å². The Morgan fingerprint density at radius 3 is 2.18 bits per heavy atom. The summed E-state index contributed by atoms with van der Waals surface area (Å²) in [6, 6.07) is 15.6. The summed E-state index contributed by atoms with van der Waals surface area (Å²) < 4.78 is 27.9. The molecule has 1 amide bonds. The lowest BCUT2D eigenvalue weighted by Crippen LogP contribution is -2.49. The summed E-state index contributed by atoms with van der Waals surface area (Å²) in [6.07, 6.45) is 3.34. The van der Waals surface area contributed by atoms with Crippen molar-refractivity contribution in [2.75, 3.05) is 36.4 Å². The van der Waals surface area contributed by atoms with E-state index >= 15 is 0 Å². The number of nitrogens with one attached hydrogen (secondary N) is 1. The average Bonchev–Trinajstić information content (AvgIpc) is 2.84. The lowest BCUT2D eigenvalue weighted by atomic mass is 9.87. The maximum absolute atomic E-state index is 13.2. The van der Waals surface area contributed by atoms with Crippen LogP contribution in [0.4, 0.5) is 11.6 Å². The summed E-state index contributed by atoms with van der Waals surface area (Å²) in [5.41, 5.74) is 2.08. The molecule has 2 heterocycles. The number of carbonyl (C=O) groups is 1. The molecule has 9 heteroatoms. The second-order valence-electron chi connectivity index (χ2n) is 9.25. The van der Waals surface area contributed by atoms with Gasteiger partial charge in [-0.05, 0) is 47.4 Å². The van der Waals surface area contributed by atoms with Gasteiger partial charge in [-0.15, -0.1) is 0 Å². The largest absolute Gasteiger partial charge is 0.338 e. The van der Waals surface area contributed by atoms with E-state index in [4.69, 9.17) is 0 Å². The molecule has 34 heavy (non-hydrogen) atoms. The van der Waals surface area contributed by atoms with E-state index in [9.17, 15) is 13.2 Å². The molecule has 178 valence electrons. The van der Waals surface area contributed by atoms with Crippen LogP contribution < -0.4 is 10.2 Å². The molecule has 0 spiro atoms. The van der Waals surface area contributed by atoms with Gasteiger partial charge in [0.2, 0.25) is 16.0 Å². The molecule has 1 aliphatic heterocycles. The molecule has 0 bridgehead atoms. The van der Waals surface area contributed by atoms with Crippen LogP contribution in [0.3, 0.4) is 0 Å². The van der Waals surface area contributed by atoms with Crippen LogP contribution in [-0.2, 0) is 15.4 Å². The van der Waals surface area contributed by atoms with Crippen molar-refractivity contribution in [2.24, 2.45) is 0 Å². The Balaban J connectivity index is 1.44. The third-order valence-corrected chi connectivity index (χ3v) is 7.71. The number of anilines is 2. The molecule has 8 nitrogen and oxygen atoms in total. The number of hydrogen-bond acceptors (Lipinski definition) is 6. The number of sulfonamides is 1. The van der Waals surface area contributed by atoms with Gasteiger partial charge in [-0.1, -0.05) is 39.0 Å². The monoisotopic (exact) mass is 479 g/mol. The molecular formula is C25H29N5O3S. The first-order valence-corrected chi connectivity index (χ1v) is 12.6. The molecule has 1 saturated heterocycles. The van der Waals surface area contributed by atoms with E-state index in [1.54, 1.807) is 48.8 Å². The summed E-state index contributed by atoms with van der Waals surface area (Å²) in [4.78, 5) is 23.3. The molecule has 0 saturated carbocycles. The van der Waals surface area contributed by atoms with Crippen molar-refractivity contribution in [1.82, 2.24) is 14.3 Å². The van der Waals surface area contributed by atoms with Crippen LogP contribution in [0.1, 0.15) is 36.7 Å². The summed E-state index contributed by atoms with van der Waals surface area (Å²) in [5, 5.41) is 2.81. The molecule has 1 N–H and O–H groups in total. The van der Waals surface area contributed by atoms with Crippen LogP contribution in [0.5, 0.6) is 0 Å². The van der Waals surface area contributed by atoms with E-state index in [1.165, 1.54) is 10.4 Å². The van der Waals surface area contributed by atoms with Crippen molar-refractivity contribution in [3.63, 3.8) is 0 Å². The van der Waals surface area contributed by atoms with Crippen LogP contribution >= 0.6 is 0 Å². The lowest BCUT2D eigenvalue weighted by molar-refractivity contribution is 0.102. The summed E-state index contributed by atoms with van der Waals surface area (Å²) in [7, 11) is -3.70. The third-order valence-electron chi connectivity index (χ3n) is 5.82. The van der Waals surface area contributed by atoms with Gasteiger partial charge in [0.15, 0.2) is 0 Å². The molecule has 0 aliphatic carbocycles. The number of amides is 1. The number of hydrogen-bond donors (Lipinski definition) is 1. The van der Waals surface area contributed by atoms with Crippen molar-refractivity contribution in [3.8, 4) is 0 Å². The lowest BCUT2D eigenvalue weighted by Gasteiger charge is -2.33. The van der Waals surface area contributed by atoms with Gasteiger partial charge >= 0.3 is 0 Å². The smallest absolute Gasteiger partial charge is 0.255 e. The fourth-order valence-electron chi connectivity index (χ4n) is 3.79. The van der Waals surface area contributed by atoms with Crippen LogP contribution in [0.2, 0.25) is 0 Å². The first-order chi connectivity index (χ1) is 16.1. The van der Waals surface area contributed by atoms with Gasteiger partial charge < -0.3 is 10.2 Å². The molecule has 0 radical (unpaired) electrons.